The van der Waals surface area contributed by atoms with E-state index in [-0.39, 0.29) is 5.78 Å². The van der Waals surface area contributed by atoms with Crippen LogP contribution < -0.4 is 0 Å². The van der Waals surface area contributed by atoms with Crippen molar-refractivity contribution in [3.63, 3.8) is 0 Å². The lowest BCUT2D eigenvalue weighted by Gasteiger charge is -2.00. The molecule has 1 aromatic rings. The SMILES string of the molecule is Cc1cccc(C(=O)CCCBr)c1. The lowest BCUT2D eigenvalue weighted by molar-refractivity contribution is 0.0982. The van der Waals surface area contributed by atoms with Crippen LogP contribution in [0.25, 0.3) is 0 Å². The van der Waals surface area contributed by atoms with Crippen LogP contribution in [-0.4, -0.2) is 11.1 Å². The molecule has 0 aliphatic carbocycles. The number of halogens is 1. The zero-order valence-corrected chi connectivity index (χ0v) is 9.30. The smallest absolute Gasteiger partial charge is 0.162 e. The number of aryl methyl sites for hydroxylation is 1. The molecule has 0 aromatic heterocycles. The van der Waals surface area contributed by atoms with Crippen LogP contribution in [0, 0.1) is 6.92 Å². The molecule has 0 bridgehead atoms. The lowest BCUT2D eigenvalue weighted by atomic mass is 10.1. The van der Waals surface area contributed by atoms with E-state index in [4.69, 9.17) is 0 Å². The molecule has 1 aromatic carbocycles. The van der Waals surface area contributed by atoms with Gasteiger partial charge in [-0.2, -0.15) is 0 Å². The number of carbonyl (C=O) groups excluding carboxylic acids is 1. The molecule has 0 aliphatic heterocycles. The van der Waals surface area contributed by atoms with Crippen molar-refractivity contribution >= 4 is 21.7 Å². The summed E-state index contributed by atoms with van der Waals surface area (Å²) >= 11 is 3.31. The van der Waals surface area contributed by atoms with Crippen molar-refractivity contribution in [3.05, 3.63) is 35.4 Å². The molecule has 0 unspecified atom stereocenters. The molecule has 13 heavy (non-hydrogen) atoms. The van der Waals surface area contributed by atoms with Crippen molar-refractivity contribution in [3.8, 4) is 0 Å². The van der Waals surface area contributed by atoms with Crippen LogP contribution >= 0.6 is 15.9 Å². The summed E-state index contributed by atoms with van der Waals surface area (Å²) in [4.78, 5) is 11.5. The third-order valence-corrected chi connectivity index (χ3v) is 2.44. The van der Waals surface area contributed by atoms with Crippen LogP contribution in [0.1, 0.15) is 28.8 Å². The van der Waals surface area contributed by atoms with Gasteiger partial charge < -0.3 is 0 Å². The zero-order chi connectivity index (χ0) is 9.68. The minimum atomic E-state index is 0.239. The predicted molar refractivity (Wildman–Crippen MR) is 58.5 cm³/mol. The fraction of sp³-hybridized carbons (Fsp3) is 0.364. The Labute approximate surface area is 87.3 Å². The van der Waals surface area contributed by atoms with Crippen LogP contribution in [0.2, 0.25) is 0 Å². The van der Waals surface area contributed by atoms with Crippen LogP contribution in [0.3, 0.4) is 0 Å². The lowest BCUT2D eigenvalue weighted by Crippen LogP contribution is -1.99. The summed E-state index contributed by atoms with van der Waals surface area (Å²) < 4.78 is 0. The van der Waals surface area contributed by atoms with Crippen molar-refractivity contribution in [2.75, 3.05) is 5.33 Å². The van der Waals surface area contributed by atoms with Crippen molar-refractivity contribution < 1.29 is 4.79 Å². The van der Waals surface area contributed by atoms with E-state index in [0.717, 1.165) is 22.9 Å². The first-order chi connectivity index (χ1) is 6.24. The van der Waals surface area contributed by atoms with E-state index in [1.807, 2.05) is 31.2 Å². The van der Waals surface area contributed by atoms with Gasteiger partial charge in [0.05, 0.1) is 0 Å². The number of alkyl halides is 1. The van der Waals surface area contributed by atoms with E-state index >= 15 is 0 Å². The highest BCUT2D eigenvalue weighted by atomic mass is 79.9. The van der Waals surface area contributed by atoms with Crippen molar-refractivity contribution in [1.29, 1.82) is 0 Å². The first kappa shape index (κ1) is 10.5. The standard InChI is InChI=1S/C11H13BrO/c1-9-4-2-5-10(8-9)11(13)6-3-7-12/h2,4-5,8H,3,6-7H2,1H3. The first-order valence-corrected chi connectivity index (χ1v) is 5.52. The van der Waals surface area contributed by atoms with Crippen molar-refractivity contribution in [1.82, 2.24) is 0 Å². The molecular weight excluding hydrogens is 228 g/mol. The molecule has 2 heteroatoms. The summed E-state index contributed by atoms with van der Waals surface area (Å²) in [6, 6.07) is 7.75. The van der Waals surface area contributed by atoms with Gasteiger partial charge in [0.1, 0.15) is 0 Å². The number of ketones is 1. The average Bonchev–Trinajstić information content (AvgIpc) is 2.14. The Morgan fingerprint density at radius 2 is 2.23 bits per heavy atom. The molecule has 0 heterocycles. The monoisotopic (exact) mass is 240 g/mol. The maximum Gasteiger partial charge on any atom is 0.162 e. The zero-order valence-electron chi connectivity index (χ0n) is 7.72. The van der Waals surface area contributed by atoms with E-state index < -0.39 is 0 Å². The summed E-state index contributed by atoms with van der Waals surface area (Å²) in [7, 11) is 0. The highest BCUT2D eigenvalue weighted by molar-refractivity contribution is 9.09. The molecule has 0 fully saturated rings. The summed E-state index contributed by atoms with van der Waals surface area (Å²) in [6.07, 6.45) is 1.54. The molecule has 0 radical (unpaired) electrons. The Bertz CT molecular complexity index is 294. The third kappa shape index (κ3) is 3.31. The van der Waals surface area contributed by atoms with E-state index in [1.54, 1.807) is 0 Å². The summed E-state index contributed by atoms with van der Waals surface area (Å²) in [5.41, 5.74) is 1.98. The fourth-order valence-corrected chi connectivity index (χ4v) is 1.47. The topological polar surface area (TPSA) is 17.1 Å². The number of rotatable bonds is 4. The normalized spacial score (nSPS) is 10.0. The Kier molecular flexibility index (Phi) is 4.16. The van der Waals surface area contributed by atoms with Crippen LogP contribution in [0.5, 0.6) is 0 Å². The predicted octanol–water partition coefficient (Wildman–Crippen LogP) is 3.35. The third-order valence-electron chi connectivity index (χ3n) is 1.88. The maximum absolute atomic E-state index is 11.5. The van der Waals surface area contributed by atoms with E-state index in [2.05, 4.69) is 15.9 Å². The molecule has 0 atom stereocenters. The number of Topliss-reactive ketones (excluding diaryl/α,β-unsaturated/α-hetero) is 1. The molecule has 0 saturated heterocycles. The molecular formula is C11H13BrO. The molecule has 1 rings (SSSR count). The number of benzene rings is 1. The molecule has 0 amide bonds. The molecule has 0 saturated carbocycles. The van der Waals surface area contributed by atoms with Crippen LogP contribution in [0.15, 0.2) is 24.3 Å². The Morgan fingerprint density at radius 3 is 2.85 bits per heavy atom. The highest BCUT2D eigenvalue weighted by Crippen LogP contribution is 2.08. The van der Waals surface area contributed by atoms with Gasteiger partial charge >= 0.3 is 0 Å². The summed E-state index contributed by atoms with van der Waals surface area (Å²) in [5, 5.41) is 0.893. The number of hydrogen-bond acceptors (Lipinski definition) is 1. The van der Waals surface area contributed by atoms with Gasteiger partial charge in [-0.3, -0.25) is 4.79 Å². The maximum atomic E-state index is 11.5. The van der Waals surface area contributed by atoms with Crippen molar-refractivity contribution in [2.45, 2.75) is 19.8 Å². The van der Waals surface area contributed by atoms with Crippen LogP contribution in [0.4, 0.5) is 0 Å². The van der Waals surface area contributed by atoms with Gasteiger partial charge in [-0.05, 0) is 19.4 Å². The molecule has 0 spiro atoms. The highest BCUT2D eigenvalue weighted by Gasteiger charge is 2.04. The van der Waals surface area contributed by atoms with E-state index in [9.17, 15) is 4.79 Å². The first-order valence-electron chi connectivity index (χ1n) is 4.40. The molecule has 0 N–H and O–H groups in total. The second-order valence-electron chi connectivity index (χ2n) is 3.09. The Balaban J connectivity index is 2.66. The second kappa shape index (κ2) is 5.18. The quantitative estimate of drug-likeness (QED) is 0.583. The largest absolute Gasteiger partial charge is 0.294 e. The van der Waals surface area contributed by atoms with Gasteiger partial charge in [0.2, 0.25) is 0 Å². The number of carbonyl (C=O) groups is 1. The van der Waals surface area contributed by atoms with Gasteiger partial charge in [-0.1, -0.05) is 39.7 Å². The van der Waals surface area contributed by atoms with Gasteiger partial charge in [0.15, 0.2) is 5.78 Å². The van der Waals surface area contributed by atoms with Crippen LogP contribution in [-0.2, 0) is 0 Å². The minimum Gasteiger partial charge on any atom is -0.294 e. The number of hydrogen-bond donors (Lipinski definition) is 0. The van der Waals surface area contributed by atoms with E-state index in [0.29, 0.717) is 6.42 Å². The van der Waals surface area contributed by atoms with E-state index in [1.165, 1.54) is 0 Å². The molecule has 70 valence electrons. The van der Waals surface area contributed by atoms with Gasteiger partial charge in [-0.15, -0.1) is 0 Å². The van der Waals surface area contributed by atoms with Gasteiger partial charge in [0.25, 0.3) is 0 Å². The van der Waals surface area contributed by atoms with Crippen molar-refractivity contribution in [2.24, 2.45) is 0 Å². The fourth-order valence-electron chi connectivity index (χ4n) is 1.19. The summed E-state index contributed by atoms with van der Waals surface area (Å²) in [5.74, 6) is 0.239. The van der Waals surface area contributed by atoms with Gasteiger partial charge in [-0.25, -0.2) is 0 Å². The Hall–Kier alpha value is -0.630. The summed E-state index contributed by atoms with van der Waals surface area (Å²) in [6.45, 7) is 2.00. The minimum absolute atomic E-state index is 0.239. The molecule has 1 nitrogen and oxygen atoms in total. The average molecular weight is 241 g/mol. The molecule has 0 aliphatic rings. The Morgan fingerprint density at radius 1 is 1.46 bits per heavy atom. The second-order valence-corrected chi connectivity index (χ2v) is 3.88. The van der Waals surface area contributed by atoms with Gasteiger partial charge in [0, 0.05) is 17.3 Å².